The number of nitrogens with one attached hydrogen (secondary N) is 1. The van der Waals surface area contributed by atoms with E-state index in [1.807, 2.05) is 6.07 Å². The fourth-order valence-corrected chi connectivity index (χ4v) is 1.80. The van der Waals surface area contributed by atoms with Crippen molar-refractivity contribution in [3.05, 3.63) is 33.8 Å². The van der Waals surface area contributed by atoms with E-state index in [0.29, 0.717) is 22.9 Å². The van der Waals surface area contributed by atoms with Crippen LogP contribution in [0.3, 0.4) is 0 Å². The Labute approximate surface area is 111 Å². The maximum atomic E-state index is 11.5. The molecule has 0 heterocycles. The first-order chi connectivity index (χ1) is 8.04. The maximum absolute atomic E-state index is 11.5. The molecule has 0 aliphatic rings. The molecule has 1 aromatic carbocycles. The van der Waals surface area contributed by atoms with E-state index in [1.54, 1.807) is 19.1 Å². The van der Waals surface area contributed by atoms with Crippen LogP contribution in [0.5, 0.6) is 0 Å². The van der Waals surface area contributed by atoms with E-state index in [9.17, 15) is 4.79 Å². The molecule has 0 radical (unpaired) electrons. The van der Waals surface area contributed by atoms with Gasteiger partial charge in [-0.05, 0) is 25.0 Å². The average molecular weight is 276 g/mol. The number of rotatable bonds is 5. The summed E-state index contributed by atoms with van der Waals surface area (Å²) in [5.74, 6) is -0.109. The van der Waals surface area contributed by atoms with Gasteiger partial charge in [0.05, 0.1) is 16.7 Å². The van der Waals surface area contributed by atoms with Crippen molar-refractivity contribution in [3.8, 4) is 0 Å². The van der Waals surface area contributed by atoms with Gasteiger partial charge in [0, 0.05) is 12.5 Å². The molecule has 5 heteroatoms. The van der Waals surface area contributed by atoms with E-state index in [-0.39, 0.29) is 18.6 Å². The van der Waals surface area contributed by atoms with E-state index in [2.05, 4.69) is 5.32 Å². The third-order valence-electron chi connectivity index (χ3n) is 2.33. The molecule has 2 N–H and O–H groups in total. The molecular weight excluding hydrogens is 261 g/mol. The van der Waals surface area contributed by atoms with Gasteiger partial charge in [-0.3, -0.25) is 4.79 Å². The first kappa shape index (κ1) is 14.3. The lowest BCUT2D eigenvalue weighted by molar-refractivity contribution is -0.121. The molecule has 0 bridgehead atoms. The number of aryl methyl sites for hydroxylation is 1. The normalized spacial score (nSPS) is 12.2. The van der Waals surface area contributed by atoms with Crippen LogP contribution in [-0.4, -0.2) is 23.7 Å². The van der Waals surface area contributed by atoms with Gasteiger partial charge in [0.1, 0.15) is 0 Å². The number of benzene rings is 1. The van der Waals surface area contributed by atoms with E-state index in [1.165, 1.54) is 0 Å². The molecule has 0 saturated heterocycles. The average Bonchev–Trinajstić information content (AvgIpc) is 2.31. The van der Waals surface area contributed by atoms with E-state index in [4.69, 9.17) is 28.3 Å². The minimum absolute atomic E-state index is 0.0658. The Hall–Kier alpha value is -0.770. The number of aliphatic hydroxyl groups excluding tert-OH is 1. The highest BCUT2D eigenvalue weighted by molar-refractivity contribution is 6.42. The van der Waals surface area contributed by atoms with E-state index < -0.39 is 0 Å². The lowest BCUT2D eigenvalue weighted by atomic mass is 10.1. The Morgan fingerprint density at radius 2 is 2.18 bits per heavy atom. The van der Waals surface area contributed by atoms with Crippen molar-refractivity contribution in [2.45, 2.75) is 25.8 Å². The zero-order valence-corrected chi connectivity index (χ0v) is 11.1. The van der Waals surface area contributed by atoms with Crippen LogP contribution in [0.4, 0.5) is 0 Å². The summed E-state index contributed by atoms with van der Waals surface area (Å²) >= 11 is 11.9. The molecule has 1 atom stereocenters. The molecular formula is C12H15Cl2NO2. The Morgan fingerprint density at radius 1 is 1.47 bits per heavy atom. The fourth-order valence-electron chi connectivity index (χ4n) is 1.38. The molecule has 1 amide bonds. The van der Waals surface area contributed by atoms with Gasteiger partial charge in [0.25, 0.3) is 0 Å². The quantitative estimate of drug-likeness (QED) is 0.867. The fraction of sp³-hybridized carbons (Fsp3) is 0.417. The van der Waals surface area contributed by atoms with Gasteiger partial charge in [-0.1, -0.05) is 35.3 Å². The zero-order valence-electron chi connectivity index (χ0n) is 9.54. The van der Waals surface area contributed by atoms with Crippen LogP contribution in [-0.2, 0) is 11.2 Å². The van der Waals surface area contributed by atoms with Crippen LogP contribution in [0.25, 0.3) is 0 Å². The molecule has 0 aliphatic carbocycles. The summed E-state index contributed by atoms with van der Waals surface area (Å²) in [7, 11) is 0. The summed E-state index contributed by atoms with van der Waals surface area (Å²) in [5, 5.41) is 12.5. The van der Waals surface area contributed by atoms with E-state index in [0.717, 1.165) is 5.56 Å². The summed E-state index contributed by atoms with van der Waals surface area (Å²) in [6.07, 6.45) is 0.855. The molecule has 0 spiro atoms. The van der Waals surface area contributed by atoms with Crippen molar-refractivity contribution in [2.24, 2.45) is 0 Å². The van der Waals surface area contributed by atoms with Gasteiger partial charge < -0.3 is 10.4 Å². The molecule has 0 aromatic heterocycles. The van der Waals surface area contributed by atoms with Crippen molar-refractivity contribution >= 4 is 29.1 Å². The smallest absolute Gasteiger partial charge is 0.220 e. The Balaban J connectivity index is 2.50. The minimum Gasteiger partial charge on any atom is -0.394 e. The summed E-state index contributed by atoms with van der Waals surface area (Å²) < 4.78 is 0. The van der Waals surface area contributed by atoms with Crippen LogP contribution in [0.2, 0.25) is 10.0 Å². The SMILES string of the molecule is CC(CO)NC(=O)CCc1cccc(Cl)c1Cl. The second-order valence-electron chi connectivity index (χ2n) is 3.86. The van der Waals surface area contributed by atoms with Gasteiger partial charge in [-0.2, -0.15) is 0 Å². The van der Waals surface area contributed by atoms with Crippen LogP contribution < -0.4 is 5.32 Å². The van der Waals surface area contributed by atoms with Gasteiger partial charge >= 0.3 is 0 Å². The Kier molecular flexibility index (Phi) is 5.75. The lowest BCUT2D eigenvalue weighted by Crippen LogP contribution is -2.35. The van der Waals surface area contributed by atoms with Crippen LogP contribution in [0, 0.1) is 0 Å². The summed E-state index contributed by atoms with van der Waals surface area (Å²) in [6, 6.07) is 5.13. The summed E-state index contributed by atoms with van der Waals surface area (Å²) in [4.78, 5) is 11.5. The van der Waals surface area contributed by atoms with E-state index >= 15 is 0 Å². The Morgan fingerprint density at radius 3 is 2.82 bits per heavy atom. The first-order valence-corrected chi connectivity index (χ1v) is 6.13. The van der Waals surface area contributed by atoms with Crippen molar-refractivity contribution in [3.63, 3.8) is 0 Å². The second-order valence-corrected chi connectivity index (χ2v) is 4.65. The van der Waals surface area contributed by atoms with Crippen LogP contribution in [0.15, 0.2) is 18.2 Å². The van der Waals surface area contributed by atoms with Crippen molar-refractivity contribution in [2.75, 3.05) is 6.61 Å². The van der Waals surface area contributed by atoms with Gasteiger partial charge in [-0.25, -0.2) is 0 Å². The third kappa shape index (κ3) is 4.54. The molecule has 94 valence electrons. The molecule has 0 aliphatic heterocycles. The number of amides is 1. The van der Waals surface area contributed by atoms with Crippen LogP contribution >= 0.6 is 23.2 Å². The number of carbonyl (C=O) groups is 1. The molecule has 1 unspecified atom stereocenters. The Bertz CT molecular complexity index is 396. The predicted molar refractivity (Wildman–Crippen MR) is 69.5 cm³/mol. The standard InChI is InChI=1S/C12H15Cl2NO2/c1-8(7-16)15-11(17)6-5-9-3-2-4-10(13)12(9)14/h2-4,8,16H,5-7H2,1H3,(H,15,17). The van der Waals surface area contributed by atoms with Crippen molar-refractivity contribution in [1.82, 2.24) is 5.32 Å². The highest BCUT2D eigenvalue weighted by atomic mass is 35.5. The summed E-state index contributed by atoms with van der Waals surface area (Å²) in [5.41, 5.74) is 0.853. The third-order valence-corrected chi connectivity index (χ3v) is 3.19. The van der Waals surface area contributed by atoms with Crippen molar-refractivity contribution in [1.29, 1.82) is 0 Å². The number of hydrogen-bond donors (Lipinski definition) is 2. The minimum atomic E-state index is -0.225. The lowest BCUT2D eigenvalue weighted by Gasteiger charge is -2.11. The number of carbonyl (C=O) groups excluding carboxylic acids is 1. The topological polar surface area (TPSA) is 49.3 Å². The summed E-state index contributed by atoms with van der Waals surface area (Å²) in [6.45, 7) is 1.67. The highest BCUT2D eigenvalue weighted by Gasteiger charge is 2.09. The molecule has 17 heavy (non-hydrogen) atoms. The van der Waals surface area contributed by atoms with Gasteiger partial charge in [-0.15, -0.1) is 0 Å². The van der Waals surface area contributed by atoms with Gasteiger partial charge in [0.2, 0.25) is 5.91 Å². The monoisotopic (exact) mass is 275 g/mol. The maximum Gasteiger partial charge on any atom is 0.220 e. The molecule has 0 saturated carbocycles. The number of aliphatic hydroxyl groups is 1. The predicted octanol–water partition coefficient (Wildman–Crippen LogP) is 2.42. The second kappa shape index (κ2) is 6.84. The zero-order chi connectivity index (χ0) is 12.8. The largest absolute Gasteiger partial charge is 0.394 e. The van der Waals surface area contributed by atoms with Gasteiger partial charge in [0.15, 0.2) is 0 Å². The molecule has 1 aromatic rings. The molecule has 0 fully saturated rings. The van der Waals surface area contributed by atoms with Crippen molar-refractivity contribution < 1.29 is 9.90 Å². The van der Waals surface area contributed by atoms with Crippen LogP contribution in [0.1, 0.15) is 18.9 Å². The molecule has 1 rings (SSSR count). The number of halogens is 2. The highest BCUT2D eigenvalue weighted by Crippen LogP contribution is 2.26. The first-order valence-electron chi connectivity index (χ1n) is 5.37. The molecule has 3 nitrogen and oxygen atoms in total. The number of hydrogen-bond acceptors (Lipinski definition) is 2.